The highest BCUT2D eigenvalue weighted by atomic mass is 35.5. The van der Waals surface area contributed by atoms with E-state index in [9.17, 15) is 9.59 Å². The molecule has 1 aromatic rings. The molecule has 0 saturated heterocycles. The fourth-order valence-corrected chi connectivity index (χ4v) is 1.92. The Morgan fingerprint density at radius 3 is 2.50 bits per heavy atom. The minimum atomic E-state index is -0.683. The van der Waals surface area contributed by atoms with Crippen LogP contribution in [0, 0.1) is 5.92 Å². The molecule has 1 aromatic carbocycles. The lowest BCUT2D eigenvalue weighted by Gasteiger charge is -2.16. The van der Waals surface area contributed by atoms with Crippen molar-refractivity contribution in [3.05, 3.63) is 33.8 Å². The van der Waals surface area contributed by atoms with Crippen LogP contribution < -0.4 is 16.4 Å². The lowest BCUT2D eigenvalue weighted by molar-refractivity contribution is -0.122. The van der Waals surface area contributed by atoms with Gasteiger partial charge in [-0.25, -0.2) is 0 Å². The van der Waals surface area contributed by atoms with Crippen LogP contribution >= 0.6 is 35.6 Å². The monoisotopic (exact) mass is 367 g/mol. The maximum absolute atomic E-state index is 12.1. The smallest absolute Gasteiger partial charge is 0.253 e. The van der Waals surface area contributed by atoms with Gasteiger partial charge in [0.25, 0.3) is 5.91 Å². The van der Waals surface area contributed by atoms with Gasteiger partial charge >= 0.3 is 0 Å². The minimum absolute atomic E-state index is 0. The normalized spacial score (nSPS) is 12.8. The average molecular weight is 369 g/mol. The molecule has 0 fully saturated rings. The Balaban J connectivity index is 0.00000441. The molecule has 124 valence electrons. The van der Waals surface area contributed by atoms with Crippen LogP contribution in [0.25, 0.3) is 0 Å². The predicted molar refractivity (Wildman–Crippen MR) is 91.9 cm³/mol. The second kappa shape index (κ2) is 9.90. The van der Waals surface area contributed by atoms with Crippen LogP contribution in [0.1, 0.15) is 24.2 Å². The molecule has 0 radical (unpaired) electrons. The molecule has 1 rings (SSSR count). The summed E-state index contributed by atoms with van der Waals surface area (Å²) in [5.41, 5.74) is 5.71. The van der Waals surface area contributed by atoms with Crippen molar-refractivity contribution >= 4 is 47.4 Å². The Kier molecular flexibility index (Phi) is 9.44. The van der Waals surface area contributed by atoms with Gasteiger partial charge in [-0.1, -0.05) is 36.2 Å². The SMILES string of the molecule is CC(CN)CNC(=O)C(C)NC(=O)c1cccc(Cl)c1Cl.Cl. The first-order chi connectivity index (χ1) is 9.86. The van der Waals surface area contributed by atoms with E-state index >= 15 is 0 Å². The van der Waals surface area contributed by atoms with Crippen molar-refractivity contribution in [1.82, 2.24) is 10.6 Å². The number of hydrogen-bond acceptors (Lipinski definition) is 3. The van der Waals surface area contributed by atoms with E-state index in [1.54, 1.807) is 25.1 Å². The highest BCUT2D eigenvalue weighted by Gasteiger charge is 2.19. The zero-order valence-corrected chi connectivity index (χ0v) is 14.7. The van der Waals surface area contributed by atoms with Gasteiger partial charge in [0.15, 0.2) is 0 Å². The van der Waals surface area contributed by atoms with Gasteiger partial charge in [0.1, 0.15) is 6.04 Å². The Morgan fingerprint density at radius 2 is 1.91 bits per heavy atom. The molecule has 0 aliphatic rings. The molecule has 0 aliphatic carbocycles. The molecule has 2 atom stereocenters. The van der Waals surface area contributed by atoms with Crippen LogP contribution in [-0.4, -0.2) is 30.9 Å². The van der Waals surface area contributed by atoms with E-state index in [1.807, 2.05) is 6.92 Å². The molecule has 0 aliphatic heterocycles. The summed E-state index contributed by atoms with van der Waals surface area (Å²) in [6.07, 6.45) is 0. The number of amides is 2. The first-order valence-corrected chi connectivity index (χ1v) is 7.35. The van der Waals surface area contributed by atoms with Crippen molar-refractivity contribution in [2.75, 3.05) is 13.1 Å². The Morgan fingerprint density at radius 1 is 1.27 bits per heavy atom. The Bertz CT molecular complexity index is 526. The molecule has 0 aromatic heterocycles. The summed E-state index contributed by atoms with van der Waals surface area (Å²) in [4.78, 5) is 23.9. The number of carbonyl (C=O) groups excluding carboxylic acids is 2. The number of halogens is 3. The highest BCUT2D eigenvalue weighted by Crippen LogP contribution is 2.25. The topological polar surface area (TPSA) is 84.2 Å². The van der Waals surface area contributed by atoms with Crippen LogP contribution in [0.5, 0.6) is 0 Å². The van der Waals surface area contributed by atoms with Crippen molar-refractivity contribution in [3.63, 3.8) is 0 Å². The third kappa shape index (κ3) is 6.01. The molecule has 0 saturated carbocycles. The van der Waals surface area contributed by atoms with Gasteiger partial charge in [-0.3, -0.25) is 9.59 Å². The van der Waals surface area contributed by atoms with Gasteiger partial charge in [-0.15, -0.1) is 12.4 Å². The molecular formula is C14H20Cl3N3O2. The van der Waals surface area contributed by atoms with E-state index in [0.29, 0.717) is 13.1 Å². The molecule has 0 spiro atoms. The number of nitrogens with two attached hydrogens (primary N) is 1. The molecule has 5 nitrogen and oxygen atoms in total. The summed E-state index contributed by atoms with van der Waals surface area (Å²) < 4.78 is 0. The van der Waals surface area contributed by atoms with Gasteiger partial charge in [-0.05, 0) is 31.5 Å². The standard InChI is InChI=1S/C14H19Cl2N3O2.ClH/c1-8(6-17)7-18-13(20)9(2)19-14(21)10-4-3-5-11(15)12(10)16;/h3-5,8-9H,6-7,17H2,1-2H3,(H,18,20)(H,19,21);1H. The zero-order chi connectivity index (χ0) is 16.0. The van der Waals surface area contributed by atoms with E-state index in [-0.39, 0.29) is 39.8 Å². The summed E-state index contributed by atoms with van der Waals surface area (Å²) in [5, 5.41) is 5.76. The van der Waals surface area contributed by atoms with Crippen molar-refractivity contribution in [2.24, 2.45) is 11.7 Å². The molecule has 22 heavy (non-hydrogen) atoms. The van der Waals surface area contributed by atoms with E-state index < -0.39 is 11.9 Å². The second-order valence-corrected chi connectivity index (χ2v) is 5.67. The summed E-state index contributed by atoms with van der Waals surface area (Å²) >= 11 is 11.8. The lowest BCUT2D eigenvalue weighted by atomic mass is 10.1. The summed E-state index contributed by atoms with van der Waals surface area (Å²) in [6.45, 7) is 4.47. The van der Waals surface area contributed by atoms with Crippen LogP contribution in [0.4, 0.5) is 0 Å². The van der Waals surface area contributed by atoms with Crippen molar-refractivity contribution in [2.45, 2.75) is 19.9 Å². The predicted octanol–water partition coefficient (Wildman–Crippen LogP) is 2.24. The maximum Gasteiger partial charge on any atom is 0.253 e. The lowest BCUT2D eigenvalue weighted by Crippen LogP contribution is -2.46. The van der Waals surface area contributed by atoms with Crippen molar-refractivity contribution in [1.29, 1.82) is 0 Å². The average Bonchev–Trinajstić information content (AvgIpc) is 2.46. The van der Waals surface area contributed by atoms with Gasteiger partial charge < -0.3 is 16.4 Å². The fraction of sp³-hybridized carbons (Fsp3) is 0.429. The van der Waals surface area contributed by atoms with Crippen molar-refractivity contribution < 1.29 is 9.59 Å². The third-order valence-corrected chi connectivity index (χ3v) is 3.78. The van der Waals surface area contributed by atoms with E-state index in [2.05, 4.69) is 10.6 Å². The van der Waals surface area contributed by atoms with Crippen LogP contribution in [0.2, 0.25) is 10.0 Å². The zero-order valence-electron chi connectivity index (χ0n) is 12.4. The van der Waals surface area contributed by atoms with Gasteiger partial charge in [-0.2, -0.15) is 0 Å². The van der Waals surface area contributed by atoms with Gasteiger partial charge in [0.2, 0.25) is 5.91 Å². The first kappa shape index (κ1) is 21.0. The van der Waals surface area contributed by atoms with Crippen molar-refractivity contribution in [3.8, 4) is 0 Å². The fourth-order valence-electron chi connectivity index (χ4n) is 1.53. The number of rotatable bonds is 6. The summed E-state index contributed by atoms with van der Waals surface area (Å²) in [6, 6.07) is 4.07. The maximum atomic E-state index is 12.1. The Hall–Kier alpha value is -1.01. The number of carbonyl (C=O) groups is 2. The Labute approximate surface area is 146 Å². The van der Waals surface area contributed by atoms with E-state index in [0.717, 1.165) is 0 Å². The van der Waals surface area contributed by atoms with Crippen LogP contribution in [-0.2, 0) is 4.79 Å². The minimum Gasteiger partial charge on any atom is -0.354 e. The van der Waals surface area contributed by atoms with E-state index in [1.165, 1.54) is 0 Å². The summed E-state index contributed by atoms with van der Waals surface area (Å²) in [5.74, 6) is -0.543. The second-order valence-electron chi connectivity index (χ2n) is 4.88. The molecule has 0 bridgehead atoms. The van der Waals surface area contributed by atoms with E-state index in [4.69, 9.17) is 28.9 Å². The van der Waals surface area contributed by atoms with Gasteiger partial charge in [0, 0.05) is 6.54 Å². The van der Waals surface area contributed by atoms with Crippen LogP contribution in [0.3, 0.4) is 0 Å². The quantitative estimate of drug-likeness (QED) is 0.720. The number of nitrogens with one attached hydrogen (secondary N) is 2. The van der Waals surface area contributed by atoms with Gasteiger partial charge in [0.05, 0.1) is 15.6 Å². The summed E-state index contributed by atoms with van der Waals surface area (Å²) in [7, 11) is 0. The highest BCUT2D eigenvalue weighted by molar-refractivity contribution is 6.43. The molecular weight excluding hydrogens is 349 g/mol. The number of benzene rings is 1. The number of hydrogen-bond donors (Lipinski definition) is 3. The third-order valence-electron chi connectivity index (χ3n) is 2.96. The molecule has 2 unspecified atom stereocenters. The first-order valence-electron chi connectivity index (χ1n) is 6.59. The molecule has 4 N–H and O–H groups in total. The largest absolute Gasteiger partial charge is 0.354 e. The molecule has 0 heterocycles. The molecule has 2 amide bonds. The van der Waals surface area contributed by atoms with Crippen LogP contribution in [0.15, 0.2) is 18.2 Å². The molecule has 8 heteroatoms.